The summed E-state index contributed by atoms with van der Waals surface area (Å²) in [6.45, 7) is 8.19. The third-order valence-corrected chi connectivity index (χ3v) is 7.21. The molecule has 0 bridgehead atoms. The number of aromatic nitrogens is 8. The van der Waals surface area contributed by atoms with Crippen LogP contribution in [0.1, 0.15) is 68.0 Å². The first-order chi connectivity index (χ1) is 17.4. The Kier molecular flexibility index (Phi) is 6.65. The molecule has 0 aliphatic heterocycles. The van der Waals surface area contributed by atoms with Crippen LogP contribution in [0.2, 0.25) is 0 Å². The van der Waals surface area contributed by atoms with Crippen molar-refractivity contribution in [2.24, 2.45) is 0 Å². The molecule has 5 rings (SSSR count). The van der Waals surface area contributed by atoms with Gasteiger partial charge in [-0.2, -0.15) is 0 Å². The average Bonchev–Trinajstić information content (AvgIpc) is 3.73. The maximum Gasteiger partial charge on any atom is 0.295 e. The topological polar surface area (TPSA) is 124 Å². The molecule has 11 heteroatoms. The number of fused-ring (bicyclic) bond motifs is 1. The van der Waals surface area contributed by atoms with E-state index in [2.05, 4.69) is 30.2 Å². The Hall–Kier alpha value is -3.47. The van der Waals surface area contributed by atoms with E-state index in [0.29, 0.717) is 34.4 Å². The summed E-state index contributed by atoms with van der Waals surface area (Å²) in [7, 11) is 0. The number of hydrogen-bond acceptors (Lipinski definition) is 10. The standard InChI is InChI=1S/C25H29N9OS/c1-6-13(2)34-24-20(32-23(25(34)35)28-11-18-26-9-17(36-5)10-27-18)15(4)31-22(33-24)19-14(3)29-12-30-21(19)16-7-8-16/h9-10,12-13,16H,6-8,11H2,1-5H3,(H,28,32)/t13-/m1/s1. The minimum atomic E-state index is -0.231. The summed E-state index contributed by atoms with van der Waals surface area (Å²) in [5.74, 6) is 1.77. The predicted molar refractivity (Wildman–Crippen MR) is 140 cm³/mol. The van der Waals surface area contributed by atoms with E-state index in [1.165, 1.54) is 0 Å². The molecule has 1 fully saturated rings. The fraction of sp³-hybridized carbons (Fsp3) is 0.440. The predicted octanol–water partition coefficient (Wildman–Crippen LogP) is 4.23. The number of anilines is 1. The summed E-state index contributed by atoms with van der Waals surface area (Å²) in [4.78, 5) is 46.7. The largest absolute Gasteiger partial charge is 0.358 e. The lowest BCUT2D eigenvalue weighted by Crippen LogP contribution is -2.29. The highest BCUT2D eigenvalue weighted by Gasteiger charge is 2.30. The normalized spacial score (nSPS) is 14.2. The quantitative estimate of drug-likeness (QED) is 0.349. The molecular weight excluding hydrogens is 474 g/mol. The molecule has 4 aromatic rings. The lowest BCUT2D eigenvalue weighted by Gasteiger charge is -2.19. The molecule has 0 amide bonds. The van der Waals surface area contributed by atoms with Gasteiger partial charge in [0, 0.05) is 29.2 Å². The average molecular weight is 504 g/mol. The Balaban J connectivity index is 1.62. The van der Waals surface area contributed by atoms with E-state index >= 15 is 0 Å². The molecule has 0 radical (unpaired) electrons. The lowest BCUT2D eigenvalue weighted by atomic mass is 10.1. The van der Waals surface area contributed by atoms with Crippen molar-refractivity contribution in [1.29, 1.82) is 0 Å². The molecule has 0 unspecified atom stereocenters. The van der Waals surface area contributed by atoms with Gasteiger partial charge in [0.1, 0.15) is 17.7 Å². The van der Waals surface area contributed by atoms with Crippen LogP contribution in [0, 0.1) is 13.8 Å². The number of nitrogens with one attached hydrogen (secondary N) is 1. The van der Waals surface area contributed by atoms with E-state index in [-0.39, 0.29) is 24.0 Å². The highest BCUT2D eigenvalue weighted by Crippen LogP contribution is 2.43. The molecule has 36 heavy (non-hydrogen) atoms. The van der Waals surface area contributed by atoms with Gasteiger partial charge in [0.2, 0.25) is 0 Å². The smallest absolute Gasteiger partial charge is 0.295 e. The molecule has 0 saturated heterocycles. The lowest BCUT2D eigenvalue weighted by molar-refractivity contribution is 0.526. The van der Waals surface area contributed by atoms with Gasteiger partial charge in [-0.1, -0.05) is 6.92 Å². The Morgan fingerprint density at radius 1 is 1.08 bits per heavy atom. The fourth-order valence-corrected chi connectivity index (χ4v) is 4.49. The van der Waals surface area contributed by atoms with Crippen LogP contribution in [-0.4, -0.2) is 45.7 Å². The summed E-state index contributed by atoms with van der Waals surface area (Å²) in [5, 5.41) is 3.14. The first-order valence-electron chi connectivity index (χ1n) is 12.1. The zero-order valence-corrected chi connectivity index (χ0v) is 21.9. The SMILES string of the molecule is CC[C@@H](C)n1c(=O)c(NCc2ncc(SC)cn2)nc2c(C)nc(-c3c(C)ncnc3C3CC3)nc21. The Labute approximate surface area is 213 Å². The molecular formula is C25H29N9OS. The minimum Gasteiger partial charge on any atom is -0.358 e. The van der Waals surface area contributed by atoms with Crippen LogP contribution < -0.4 is 10.9 Å². The molecule has 4 aromatic heterocycles. The zero-order valence-electron chi connectivity index (χ0n) is 21.1. The highest BCUT2D eigenvalue weighted by molar-refractivity contribution is 7.98. The summed E-state index contributed by atoms with van der Waals surface area (Å²) in [6, 6.07) is -0.0844. The number of thioether (sulfide) groups is 1. The first-order valence-corrected chi connectivity index (χ1v) is 13.3. The van der Waals surface area contributed by atoms with Crippen molar-refractivity contribution < 1.29 is 0 Å². The van der Waals surface area contributed by atoms with Crippen molar-refractivity contribution >= 4 is 28.7 Å². The van der Waals surface area contributed by atoms with Crippen LogP contribution in [0.5, 0.6) is 0 Å². The van der Waals surface area contributed by atoms with Gasteiger partial charge in [-0.15, -0.1) is 11.8 Å². The van der Waals surface area contributed by atoms with Gasteiger partial charge in [-0.05, 0) is 46.3 Å². The van der Waals surface area contributed by atoms with Gasteiger partial charge >= 0.3 is 0 Å². The van der Waals surface area contributed by atoms with E-state index in [1.54, 1.807) is 35.0 Å². The number of aryl methyl sites for hydroxylation is 2. The van der Waals surface area contributed by atoms with Crippen molar-refractivity contribution in [1.82, 2.24) is 39.5 Å². The Bertz CT molecular complexity index is 1480. The molecule has 1 aliphatic rings. The molecule has 1 N–H and O–H groups in total. The van der Waals surface area contributed by atoms with Crippen LogP contribution in [0.15, 0.2) is 28.4 Å². The minimum absolute atomic E-state index is 0.0844. The second-order valence-corrected chi connectivity index (χ2v) is 9.96. The molecule has 1 saturated carbocycles. The van der Waals surface area contributed by atoms with Crippen LogP contribution >= 0.6 is 11.8 Å². The summed E-state index contributed by atoms with van der Waals surface area (Å²) < 4.78 is 1.72. The zero-order chi connectivity index (χ0) is 25.4. The summed E-state index contributed by atoms with van der Waals surface area (Å²) >= 11 is 1.58. The molecule has 0 spiro atoms. The van der Waals surface area contributed by atoms with Gasteiger partial charge in [0.05, 0.1) is 29.2 Å². The number of nitrogens with zero attached hydrogens (tertiary/aromatic N) is 8. The summed E-state index contributed by atoms with van der Waals surface area (Å²) in [5.41, 5.74) is 4.25. The van der Waals surface area contributed by atoms with E-state index in [1.807, 2.05) is 34.0 Å². The van der Waals surface area contributed by atoms with Crippen LogP contribution in [-0.2, 0) is 6.54 Å². The van der Waals surface area contributed by atoms with E-state index < -0.39 is 0 Å². The van der Waals surface area contributed by atoms with Crippen molar-refractivity contribution in [3.05, 3.63) is 52.0 Å². The maximum absolute atomic E-state index is 13.6. The third-order valence-electron chi connectivity index (χ3n) is 6.53. The van der Waals surface area contributed by atoms with Crippen molar-refractivity contribution in [2.45, 2.75) is 70.4 Å². The van der Waals surface area contributed by atoms with Gasteiger partial charge in [-0.3, -0.25) is 9.36 Å². The Morgan fingerprint density at radius 2 is 1.83 bits per heavy atom. The second-order valence-electron chi connectivity index (χ2n) is 9.08. The van der Waals surface area contributed by atoms with Crippen molar-refractivity contribution in [2.75, 3.05) is 11.6 Å². The van der Waals surface area contributed by atoms with Gasteiger partial charge in [0.15, 0.2) is 17.3 Å². The Morgan fingerprint density at radius 3 is 2.50 bits per heavy atom. The van der Waals surface area contributed by atoms with Gasteiger partial charge < -0.3 is 5.32 Å². The van der Waals surface area contributed by atoms with Crippen LogP contribution in [0.25, 0.3) is 22.6 Å². The summed E-state index contributed by atoms with van der Waals surface area (Å²) in [6.07, 6.45) is 10.1. The maximum atomic E-state index is 13.6. The van der Waals surface area contributed by atoms with Crippen molar-refractivity contribution in [3.8, 4) is 11.4 Å². The molecule has 186 valence electrons. The molecule has 10 nitrogen and oxygen atoms in total. The van der Waals surface area contributed by atoms with Crippen LogP contribution in [0.4, 0.5) is 5.82 Å². The van der Waals surface area contributed by atoms with E-state index in [4.69, 9.17) is 9.97 Å². The molecule has 0 aromatic carbocycles. The highest BCUT2D eigenvalue weighted by atomic mass is 32.2. The monoisotopic (exact) mass is 503 g/mol. The molecule has 4 heterocycles. The van der Waals surface area contributed by atoms with E-state index in [9.17, 15) is 4.79 Å². The van der Waals surface area contributed by atoms with Gasteiger partial charge in [-0.25, -0.2) is 34.9 Å². The molecule has 1 aliphatic carbocycles. The fourth-order valence-electron chi connectivity index (χ4n) is 4.18. The number of rotatable bonds is 8. The number of hydrogen-bond donors (Lipinski definition) is 1. The second kappa shape index (κ2) is 9.88. The third kappa shape index (κ3) is 4.55. The van der Waals surface area contributed by atoms with Crippen molar-refractivity contribution in [3.63, 3.8) is 0 Å². The van der Waals surface area contributed by atoms with Crippen LogP contribution in [0.3, 0.4) is 0 Å². The molecule has 1 atom stereocenters. The van der Waals surface area contributed by atoms with Gasteiger partial charge in [0.25, 0.3) is 5.56 Å². The first kappa shape index (κ1) is 24.2. The van der Waals surface area contributed by atoms with E-state index in [0.717, 1.165) is 41.1 Å².